The minimum absolute atomic E-state index is 0.208. The highest BCUT2D eigenvalue weighted by Crippen LogP contribution is 2.15. The first-order chi connectivity index (χ1) is 11.2. The first-order valence-electron chi connectivity index (χ1n) is 7.52. The summed E-state index contributed by atoms with van der Waals surface area (Å²) >= 11 is 0. The van der Waals surface area contributed by atoms with Crippen LogP contribution in [0.4, 0.5) is 4.79 Å². The second-order valence-corrected chi connectivity index (χ2v) is 5.47. The van der Waals surface area contributed by atoms with Crippen molar-refractivity contribution in [3.8, 4) is 0 Å². The number of carbonyl (C=O) groups excluding carboxylic acids is 1. The standard InChI is InChI=1S/C18H18N2O3/c21-18-20(12-16-9-5-2-6-10-16)17(14-23-18)13-19(22)11-15-7-3-1-4-8-15/h1-10,13,17H,11-12,14H2/b19-13+/t17-/m0/s1. The molecule has 1 saturated heterocycles. The van der Waals surface area contributed by atoms with Gasteiger partial charge in [0.15, 0.2) is 12.8 Å². The molecule has 5 heteroatoms. The van der Waals surface area contributed by atoms with Crippen LogP contribution in [0.3, 0.4) is 0 Å². The Hall–Kier alpha value is -2.82. The molecule has 1 atom stereocenters. The van der Waals surface area contributed by atoms with Crippen molar-refractivity contribution in [2.24, 2.45) is 0 Å². The van der Waals surface area contributed by atoms with Crippen LogP contribution in [0.5, 0.6) is 0 Å². The van der Waals surface area contributed by atoms with E-state index < -0.39 is 0 Å². The average Bonchev–Trinajstić information content (AvgIpc) is 2.90. The molecule has 2 aromatic carbocycles. The van der Waals surface area contributed by atoms with Gasteiger partial charge in [-0.15, -0.1) is 0 Å². The summed E-state index contributed by atoms with van der Waals surface area (Å²) in [6, 6.07) is 18.8. The Morgan fingerprint density at radius 2 is 1.70 bits per heavy atom. The molecule has 1 fully saturated rings. The van der Waals surface area contributed by atoms with Gasteiger partial charge in [0.1, 0.15) is 12.6 Å². The predicted octanol–water partition coefficient (Wildman–Crippen LogP) is 2.79. The fraction of sp³-hybridized carbons (Fsp3) is 0.222. The molecule has 3 rings (SSSR count). The van der Waals surface area contributed by atoms with Gasteiger partial charge in [0, 0.05) is 5.56 Å². The van der Waals surface area contributed by atoms with E-state index in [4.69, 9.17) is 4.74 Å². The van der Waals surface area contributed by atoms with Gasteiger partial charge in [-0.05, 0) is 5.56 Å². The molecule has 2 aromatic rings. The van der Waals surface area contributed by atoms with Crippen molar-refractivity contribution >= 4 is 12.3 Å². The topological polar surface area (TPSA) is 55.6 Å². The molecule has 0 N–H and O–H groups in total. The number of hydrogen-bond donors (Lipinski definition) is 0. The normalized spacial score (nSPS) is 18.1. The Morgan fingerprint density at radius 1 is 1.09 bits per heavy atom. The summed E-state index contributed by atoms with van der Waals surface area (Å²) in [5.41, 5.74) is 1.93. The number of hydrogen-bond acceptors (Lipinski definition) is 3. The first kappa shape index (κ1) is 15.1. The SMILES string of the molecule is O=C1OC[C@H](/C=[N+](/[O-])Cc2ccccc2)N1Cc1ccccc1. The third-order valence-electron chi connectivity index (χ3n) is 3.73. The first-order valence-corrected chi connectivity index (χ1v) is 7.52. The van der Waals surface area contributed by atoms with Crippen molar-refractivity contribution in [3.05, 3.63) is 77.0 Å². The predicted molar refractivity (Wildman–Crippen MR) is 87.0 cm³/mol. The maximum atomic E-state index is 12.1. The quantitative estimate of drug-likeness (QED) is 0.369. The highest BCUT2D eigenvalue weighted by Gasteiger charge is 2.34. The van der Waals surface area contributed by atoms with Crippen molar-refractivity contribution < 1.29 is 14.3 Å². The van der Waals surface area contributed by atoms with Crippen LogP contribution >= 0.6 is 0 Å². The second kappa shape index (κ2) is 6.96. The molecule has 0 aliphatic carbocycles. The summed E-state index contributed by atoms with van der Waals surface area (Å²) in [6.07, 6.45) is 1.13. The third-order valence-corrected chi connectivity index (χ3v) is 3.73. The minimum Gasteiger partial charge on any atom is -0.624 e. The zero-order chi connectivity index (χ0) is 16.1. The third kappa shape index (κ3) is 3.88. The van der Waals surface area contributed by atoms with Crippen LogP contribution in [0.25, 0.3) is 0 Å². The Balaban J connectivity index is 1.70. The molecule has 1 heterocycles. The van der Waals surface area contributed by atoms with Crippen molar-refractivity contribution in [2.75, 3.05) is 6.61 Å². The molecule has 0 aromatic heterocycles. The number of cyclic esters (lactones) is 1. The Morgan fingerprint density at radius 3 is 2.35 bits per heavy atom. The molecular weight excluding hydrogens is 292 g/mol. The van der Waals surface area contributed by atoms with Gasteiger partial charge in [0.05, 0.1) is 6.54 Å². The lowest BCUT2D eigenvalue weighted by atomic mass is 10.2. The summed E-state index contributed by atoms with van der Waals surface area (Å²) < 4.78 is 5.95. The zero-order valence-corrected chi connectivity index (χ0v) is 12.7. The van der Waals surface area contributed by atoms with Gasteiger partial charge in [0.2, 0.25) is 0 Å². The van der Waals surface area contributed by atoms with Gasteiger partial charge in [-0.2, -0.15) is 0 Å². The molecule has 0 saturated carbocycles. The Kier molecular flexibility index (Phi) is 4.57. The molecule has 1 aliphatic rings. The van der Waals surface area contributed by atoms with Crippen LogP contribution < -0.4 is 0 Å². The van der Waals surface area contributed by atoms with Crippen LogP contribution in [0.15, 0.2) is 60.7 Å². The number of ether oxygens (including phenoxy) is 1. The average molecular weight is 310 g/mol. The number of hydroxylamine groups is 1. The van der Waals surface area contributed by atoms with E-state index in [0.717, 1.165) is 15.9 Å². The Labute approximate surface area is 135 Å². The van der Waals surface area contributed by atoms with E-state index in [1.807, 2.05) is 60.7 Å². The number of nitrogens with zero attached hydrogens (tertiary/aromatic N) is 2. The lowest BCUT2D eigenvalue weighted by molar-refractivity contribution is -0.472. The molecule has 0 bridgehead atoms. The maximum Gasteiger partial charge on any atom is 0.410 e. The van der Waals surface area contributed by atoms with Gasteiger partial charge in [-0.25, -0.2) is 9.53 Å². The summed E-state index contributed by atoms with van der Waals surface area (Å²) in [4.78, 5) is 13.5. The van der Waals surface area contributed by atoms with Crippen molar-refractivity contribution in [1.82, 2.24) is 4.90 Å². The number of benzene rings is 2. The fourth-order valence-corrected chi connectivity index (χ4v) is 2.56. The zero-order valence-electron chi connectivity index (χ0n) is 12.7. The second-order valence-electron chi connectivity index (χ2n) is 5.47. The number of rotatable bonds is 5. The molecule has 0 spiro atoms. The van der Waals surface area contributed by atoms with Gasteiger partial charge in [-0.3, -0.25) is 4.90 Å². The summed E-state index contributed by atoms with van der Waals surface area (Å²) in [5.74, 6) is 0. The summed E-state index contributed by atoms with van der Waals surface area (Å²) in [7, 11) is 0. The molecule has 1 amide bonds. The van der Waals surface area contributed by atoms with Crippen molar-refractivity contribution in [3.63, 3.8) is 0 Å². The largest absolute Gasteiger partial charge is 0.624 e. The summed E-state index contributed by atoms with van der Waals surface area (Å²) in [6.45, 7) is 0.893. The highest BCUT2D eigenvalue weighted by atomic mass is 16.6. The van der Waals surface area contributed by atoms with E-state index in [-0.39, 0.29) is 25.3 Å². The minimum atomic E-state index is -0.386. The molecule has 23 heavy (non-hydrogen) atoms. The van der Waals surface area contributed by atoms with Gasteiger partial charge in [0.25, 0.3) is 0 Å². The van der Waals surface area contributed by atoms with E-state index in [1.165, 1.54) is 6.21 Å². The van der Waals surface area contributed by atoms with E-state index >= 15 is 0 Å². The van der Waals surface area contributed by atoms with E-state index in [9.17, 15) is 10.0 Å². The highest BCUT2D eigenvalue weighted by molar-refractivity contribution is 5.77. The maximum absolute atomic E-state index is 12.1. The van der Waals surface area contributed by atoms with Gasteiger partial charge < -0.3 is 9.94 Å². The number of amides is 1. The van der Waals surface area contributed by atoms with Crippen LogP contribution in [0.2, 0.25) is 0 Å². The summed E-state index contributed by atoms with van der Waals surface area (Å²) in [5, 5.41) is 12.1. The fourth-order valence-electron chi connectivity index (χ4n) is 2.56. The van der Waals surface area contributed by atoms with Gasteiger partial charge in [-0.1, -0.05) is 60.7 Å². The smallest absolute Gasteiger partial charge is 0.410 e. The lowest BCUT2D eigenvalue weighted by Crippen LogP contribution is -2.36. The molecule has 5 nitrogen and oxygen atoms in total. The molecular formula is C18H18N2O3. The van der Waals surface area contributed by atoms with Crippen molar-refractivity contribution in [2.45, 2.75) is 19.1 Å². The van der Waals surface area contributed by atoms with E-state index in [0.29, 0.717) is 6.54 Å². The van der Waals surface area contributed by atoms with Gasteiger partial charge >= 0.3 is 6.09 Å². The van der Waals surface area contributed by atoms with Crippen molar-refractivity contribution in [1.29, 1.82) is 0 Å². The number of carbonyl (C=O) groups is 1. The van der Waals surface area contributed by atoms with Crippen LogP contribution in [0.1, 0.15) is 11.1 Å². The monoisotopic (exact) mass is 310 g/mol. The molecule has 118 valence electrons. The lowest BCUT2D eigenvalue weighted by Gasteiger charge is -2.18. The molecule has 0 radical (unpaired) electrons. The molecule has 1 aliphatic heterocycles. The Bertz CT molecular complexity index is 686. The van der Waals surface area contributed by atoms with E-state index in [2.05, 4.69) is 0 Å². The van der Waals surface area contributed by atoms with E-state index in [1.54, 1.807) is 4.90 Å². The van der Waals surface area contributed by atoms with Crippen LogP contribution in [-0.2, 0) is 17.8 Å². The van der Waals surface area contributed by atoms with Crippen LogP contribution in [0, 0.1) is 5.21 Å². The van der Waals surface area contributed by atoms with Crippen LogP contribution in [-0.4, -0.2) is 34.6 Å². The molecule has 0 unspecified atom stereocenters.